The second-order valence-corrected chi connectivity index (χ2v) is 6.34. The molecule has 2 rings (SSSR count). The van der Waals surface area contributed by atoms with Crippen LogP contribution in [0.5, 0.6) is 0 Å². The van der Waals surface area contributed by atoms with Crippen molar-refractivity contribution >= 4 is 27.7 Å². The van der Waals surface area contributed by atoms with Crippen molar-refractivity contribution in [2.45, 2.75) is 32.6 Å². The van der Waals surface area contributed by atoms with Crippen molar-refractivity contribution in [3.8, 4) is 0 Å². The molecule has 1 saturated carbocycles. The Morgan fingerprint density at radius 2 is 2.00 bits per heavy atom. The molecule has 0 bridgehead atoms. The summed E-state index contributed by atoms with van der Waals surface area (Å²) < 4.78 is 6.08. The van der Waals surface area contributed by atoms with E-state index < -0.39 is 11.9 Å². The number of carbonyl (C=O) groups is 2. The van der Waals surface area contributed by atoms with Crippen LogP contribution in [0.4, 0.5) is 0 Å². The molecule has 0 N–H and O–H groups in total. The highest BCUT2D eigenvalue weighted by molar-refractivity contribution is 9.10. The highest BCUT2D eigenvalue weighted by Crippen LogP contribution is 2.45. The molecular formula is C15H17BrO3. The van der Waals surface area contributed by atoms with E-state index in [0.29, 0.717) is 12.2 Å². The van der Waals surface area contributed by atoms with Gasteiger partial charge in [0.2, 0.25) is 0 Å². The van der Waals surface area contributed by atoms with Gasteiger partial charge < -0.3 is 4.74 Å². The zero-order chi connectivity index (χ0) is 14.0. The molecule has 102 valence electrons. The average molecular weight is 325 g/mol. The number of ketones is 1. The van der Waals surface area contributed by atoms with Crippen LogP contribution in [0.2, 0.25) is 0 Å². The normalized spacial score (nSPS) is 17.6. The number of halogens is 1. The molecule has 0 spiro atoms. The first kappa shape index (κ1) is 14.3. The molecule has 0 aromatic heterocycles. The zero-order valence-corrected chi connectivity index (χ0v) is 12.7. The van der Waals surface area contributed by atoms with Gasteiger partial charge in [0.15, 0.2) is 0 Å². The summed E-state index contributed by atoms with van der Waals surface area (Å²) in [6.07, 6.45) is 2.17. The molecule has 0 saturated heterocycles. The molecule has 1 fully saturated rings. The van der Waals surface area contributed by atoms with Crippen LogP contribution >= 0.6 is 15.9 Å². The molecule has 19 heavy (non-hydrogen) atoms. The molecule has 1 aromatic carbocycles. The number of rotatable bonds is 5. The highest BCUT2D eigenvalue weighted by atomic mass is 79.9. The maximum absolute atomic E-state index is 12.1. The number of Topliss-reactive ketones (excluding diaryl/α,β-unsaturated/α-hetero) is 1. The van der Waals surface area contributed by atoms with E-state index in [0.717, 1.165) is 17.3 Å². The van der Waals surface area contributed by atoms with E-state index in [2.05, 4.69) is 22.9 Å². The van der Waals surface area contributed by atoms with E-state index in [-0.39, 0.29) is 11.2 Å². The summed E-state index contributed by atoms with van der Waals surface area (Å²) in [6.45, 7) is 3.91. The number of hydrogen-bond acceptors (Lipinski definition) is 3. The summed E-state index contributed by atoms with van der Waals surface area (Å²) in [4.78, 5) is 23.9. The fraction of sp³-hybridized carbons (Fsp3) is 0.467. The summed E-state index contributed by atoms with van der Waals surface area (Å²) in [6, 6.07) is 7.25. The Balaban J connectivity index is 2.13. The van der Waals surface area contributed by atoms with Gasteiger partial charge in [-0.3, -0.25) is 9.59 Å². The van der Waals surface area contributed by atoms with Gasteiger partial charge in [-0.05, 0) is 31.4 Å². The van der Waals surface area contributed by atoms with E-state index in [4.69, 9.17) is 4.74 Å². The van der Waals surface area contributed by atoms with E-state index in [1.165, 1.54) is 6.92 Å². The van der Waals surface area contributed by atoms with Gasteiger partial charge in [-0.25, -0.2) is 0 Å². The van der Waals surface area contributed by atoms with E-state index in [1.54, 1.807) is 6.07 Å². The van der Waals surface area contributed by atoms with Gasteiger partial charge in [-0.2, -0.15) is 0 Å². The molecule has 1 unspecified atom stereocenters. The molecule has 1 atom stereocenters. The van der Waals surface area contributed by atoms with Crippen LogP contribution in [0.15, 0.2) is 28.7 Å². The summed E-state index contributed by atoms with van der Waals surface area (Å²) >= 11 is 3.38. The summed E-state index contributed by atoms with van der Waals surface area (Å²) in [7, 11) is 0. The number of benzene rings is 1. The number of carbonyl (C=O) groups excluding carboxylic acids is 2. The van der Waals surface area contributed by atoms with Crippen LogP contribution < -0.4 is 0 Å². The predicted molar refractivity (Wildman–Crippen MR) is 75.9 cm³/mol. The third-order valence-corrected chi connectivity index (χ3v) is 4.25. The Morgan fingerprint density at radius 1 is 1.37 bits per heavy atom. The summed E-state index contributed by atoms with van der Waals surface area (Å²) in [5.74, 6) is -1.48. The quantitative estimate of drug-likeness (QED) is 0.615. The lowest BCUT2D eigenvalue weighted by atomic mass is 9.95. The lowest BCUT2D eigenvalue weighted by molar-refractivity contribution is -0.149. The fourth-order valence-corrected chi connectivity index (χ4v) is 2.42. The molecule has 0 aliphatic heterocycles. The first-order valence-electron chi connectivity index (χ1n) is 6.34. The van der Waals surface area contributed by atoms with Crippen molar-refractivity contribution in [1.82, 2.24) is 0 Å². The number of esters is 1. The van der Waals surface area contributed by atoms with Gasteiger partial charge in [0.1, 0.15) is 11.7 Å². The van der Waals surface area contributed by atoms with Crippen LogP contribution in [0.1, 0.15) is 38.2 Å². The largest absolute Gasteiger partial charge is 0.464 e. The van der Waals surface area contributed by atoms with E-state index >= 15 is 0 Å². The molecule has 1 aromatic rings. The minimum atomic E-state index is -0.835. The Hall–Kier alpha value is -1.16. The lowest BCUT2D eigenvalue weighted by Crippen LogP contribution is -2.24. The van der Waals surface area contributed by atoms with Crippen LogP contribution in [0.3, 0.4) is 0 Å². The van der Waals surface area contributed by atoms with Crippen LogP contribution in [-0.4, -0.2) is 18.4 Å². The van der Waals surface area contributed by atoms with Gasteiger partial charge in [0, 0.05) is 9.89 Å². The van der Waals surface area contributed by atoms with Gasteiger partial charge in [0.05, 0.1) is 6.61 Å². The molecule has 3 nitrogen and oxygen atoms in total. The zero-order valence-electron chi connectivity index (χ0n) is 11.1. The molecule has 0 amide bonds. The number of hydrogen-bond donors (Lipinski definition) is 0. The van der Waals surface area contributed by atoms with Crippen molar-refractivity contribution in [2.75, 3.05) is 6.61 Å². The van der Waals surface area contributed by atoms with Crippen LogP contribution in [0.25, 0.3) is 0 Å². The average Bonchev–Trinajstić information content (AvgIpc) is 3.08. The summed E-state index contributed by atoms with van der Waals surface area (Å²) in [5, 5.41) is 0. The SMILES string of the molecule is CC(=O)C(C(=O)OCC1(C)CC1)c1ccccc1Br. The first-order chi connectivity index (χ1) is 8.93. The van der Waals surface area contributed by atoms with Gasteiger partial charge in [-0.1, -0.05) is 41.1 Å². The molecular weight excluding hydrogens is 308 g/mol. The topological polar surface area (TPSA) is 43.4 Å². The third-order valence-electron chi connectivity index (χ3n) is 3.52. The van der Waals surface area contributed by atoms with Crippen LogP contribution in [-0.2, 0) is 14.3 Å². The third kappa shape index (κ3) is 3.44. The van der Waals surface area contributed by atoms with Crippen LogP contribution in [0, 0.1) is 5.41 Å². The molecule has 1 aliphatic rings. The maximum Gasteiger partial charge on any atom is 0.321 e. The summed E-state index contributed by atoms with van der Waals surface area (Å²) in [5.41, 5.74) is 0.797. The van der Waals surface area contributed by atoms with E-state index in [1.807, 2.05) is 18.2 Å². The van der Waals surface area contributed by atoms with Crippen molar-refractivity contribution in [1.29, 1.82) is 0 Å². The minimum absolute atomic E-state index is 0.130. The van der Waals surface area contributed by atoms with Gasteiger partial charge >= 0.3 is 5.97 Å². The molecule has 4 heteroatoms. The van der Waals surface area contributed by atoms with Crippen molar-refractivity contribution in [2.24, 2.45) is 5.41 Å². The van der Waals surface area contributed by atoms with Gasteiger partial charge in [0.25, 0.3) is 0 Å². The van der Waals surface area contributed by atoms with Crippen molar-refractivity contribution < 1.29 is 14.3 Å². The maximum atomic E-state index is 12.1. The smallest absolute Gasteiger partial charge is 0.321 e. The molecule has 0 heterocycles. The Kier molecular flexibility index (Phi) is 4.09. The monoisotopic (exact) mass is 324 g/mol. The van der Waals surface area contributed by atoms with E-state index in [9.17, 15) is 9.59 Å². The minimum Gasteiger partial charge on any atom is -0.464 e. The van der Waals surface area contributed by atoms with Crippen molar-refractivity contribution in [3.05, 3.63) is 34.3 Å². The Morgan fingerprint density at radius 3 is 2.53 bits per heavy atom. The Labute approximate surface area is 121 Å². The molecule has 0 radical (unpaired) electrons. The second-order valence-electron chi connectivity index (χ2n) is 5.48. The lowest BCUT2D eigenvalue weighted by Gasteiger charge is -2.16. The molecule has 1 aliphatic carbocycles. The van der Waals surface area contributed by atoms with Crippen molar-refractivity contribution in [3.63, 3.8) is 0 Å². The number of ether oxygens (including phenoxy) is 1. The highest BCUT2D eigenvalue weighted by Gasteiger charge is 2.39. The predicted octanol–water partition coefficient (Wildman–Crippen LogP) is 3.47. The Bertz CT molecular complexity index is 506. The standard InChI is InChI=1S/C15H17BrO3/c1-10(17)13(11-5-3-4-6-12(11)16)14(18)19-9-15(2)7-8-15/h3-6,13H,7-9H2,1-2H3. The fourth-order valence-electron chi connectivity index (χ4n) is 1.91. The first-order valence-corrected chi connectivity index (χ1v) is 7.14. The second kappa shape index (κ2) is 5.45. The van der Waals surface area contributed by atoms with Gasteiger partial charge in [-0.15, -0.1) is 0 Å².